The number of aromatic nitrogens is 2. The first-order chi connectivity index (χ1) is 15.6. The molecule has 0 unspecified atom stereocenters. The molecule has 0 atom stereocenters. The van der Waals surface area contributed by atoms with Crippen molar-refractivity contribution in [2.45, 2.75) is 25.9 Å². The van der Waals surface area contributed by atoms with Crippen molar-refractivity contribution < 1.29 is 23.5 Å². The number of aryl methyl sites for hydroxylation is 1. The van der Waals surface area contributed by atoms with E-state index in [0.29, 0.717) is 5.39 Å². The van der Waals surface area contributed by atoms with Crippen LogP contribution in [-0.2, 0) is 17.9 Å². The van der Waals surface area contributed by atoms with Crippen molar-refractivity contribution in [1.29, 1.82) is 0 Å². The molecule has 33 heavy (non-hydrogen) atoms. The number of aliphatic hydroxyl groups excluding tert-OH is 1. The van der Waals surface area contributed by atoms with Gasteiger partial charge in [-0.1, -0.05) is 29.8 Å². The molecule has 2 aromatic heterocycles. The summed E-state index contributed by atoms with van der Waals surface area (Å²) in [6, 6.07) is 12.1. The maximum absolute atomic E-state index is 13.5. The Hall–Kier alpha value is -3.66. The van der Waals surface area contributed by atoms with Crippen LogP contribution in [0.15, 0.2) is 53.5 Å². The maximum atomic E-state index is 13.5. The van der Waals surface area contributed by atoms with Crippen molar-refractivity contribution in [3.8, 4) is 0 Å². The molecule has 0 aliphatic heterocycles. The van der Waals surface area contributed by atoms with Gasteiger partial charge in [0.05, 0.1) is 6.54 Å². The average molecular weight is 458 g/mol. The first-order valence-electron chi connectivity index (χ1n) is 10.2. The average Bonchev–Trinajstić information content (AvgIpc) is 2.79. The molecule has 174 valence electrons. The van der Waals surface area contributed by atoms with E-state index >= 15 is 0 Å². The van der Waals surface area contributed by atoms with Gasteiger partial charge in [-0.15, -0.1) is 0 Å². The zero-order chi connectivity index (χ0) is 24.2. The number of amides is 2. The Morgan fingerprint density at radius 1 is 1.21 bits per heavy atom. The van der Waals surface area contributed by atoms with Gasteiger partial charge in [0.15, 0.2) is 0 Å². The number of nitrogens with zero attached hydrogens (tertiary/aromatic N) is 3. The van der Waals surface area contributed by atoms with Crippen LogP contribution in [0.2, 0.25) is 0 Å². The summed E-state index contributed by atoms with van der Waals surface area (Å²) in [7, 11) is 1.14. The van der Waals surface area contributed by atoms with Crippen LogP contribution in [0.4, 0.5) is 8.78 Å². The number of carbonyl (C=O) groups is 2. The molecule has 2 N–H and O–H groups in total. The third-order valence-corrected chi connectivity index (χ3v) is 5.09. The van der Waals surface area contributed by atoms with Gasteiger partial charge in [-0.2, -0.15) is 0 Å². The number of benzene rings is 1. The lowest BCUT2D eigenvalue weighted by molar-refractivity contribution is -0.137. The van der Waals surface area contributed by atoms with Gasteiger partial charge in [0, 0.05) is 25.2 Å². The van der Waals surface area contributed by atoms with Crippen LogP contribution < -0.4 is 10.9 Å². The Morgan fingerprint density at radius 3 is 2.58 bits per heavy atom. The largest absolute Gasteiger partial charge is 0.390 e. The number of carbonyl (C=O) groups excluding carboxylic acids is 2. The molecular weight excluding hydrogens is 434 g/mol. The molecule has 0 aliphatic rings. The minimum absolute atomic E-state index is 0.147. The lowest BCUT2D eigenvalue weighted by Crippen LogP contribution is -2.43. The molecule has 1 aromatic carbocycles. The maximum Gasteiger partial charge on any atom is 0.287 e. The van der Waals surface area contributed by atoms with Gasteiger partial charge >= 0.3 is 0 Å². The van der Waals surface area contributed by atoms with E-state index < -0.39 is 43.0 Å². The van der Waals surface area contributed by atoms with E-state index in [1.54, 1.807) is 12.1 Å². The summed E-state index contributed by atoms with van der Waals surface area (Å²) in [6.07, 6.45) is 1.42. The number of hydrogen-bond donors (Lipinski definition) is 2. The Balaban J connectivity index is 1.89. The highest BCUT2D eigenvalue weighted by atomic mass is 19.3. The lowest BCUT2D eigenvalue weighted by atomic mass is 10.1. The molecule has 2 amide bonds. The van der Waals surface area contributed by atoms with Crippen LogP contribution in [0.25, 0.3) is 11.0 Å². The monoisotopic (exact) mass is 458 g/mol. The Bertz CT molecular complexity index is 1230. The van der Waals surface area contributed by atoms with Crippen LogP contribution in [0, 0.1) is 6.92 Å². The summed E-state index contributed by atoms with van der Waals surface area (Å²) >= 11 is 0. The minimum Gasteiger partial charge on any atom is -0.390 e. The van der Waals surface area contributed by atoms with E-state index in [2.05, 4.69) is 10.3 Å². The predicted octanol–water partition coefficient (Wildman–Crippen LogP) is 1.72. The number of aliphatic hydroxyl groups is 1. The number of likely N-dealkylation sites (N-methyl/N-ethyl adjacent to an activating group) is 1. The number of hydrogen-bond acceptors (Lipinski definition) is 5. The number of fused-ring (bicyclic) bond motifs is 1. The third kappa shape index (κ3) is 5.78. The van der Waals surface area contributed by atoms with Gasteiger partial charge in [0.25, 0.3) is 17.4 Å². The van der Waals surface area contributed by atoms with Crippen molar-refractivity contribution in [3.63, 3.8) is 0 Å². The van der Waals surface area contributed by atoms with E-state index in [1.165, 1.54) is 12.3 Å². The van der Waals surface area contributed by atoms with E-state index in [-0.39, 0.29) is 17.8 Å². The highest BCUT2D eigenvalue weighted by Gasteiger charge is 2.31. The molecule has 0 radical (unpaired) electrons. The summed E-state index contributed by atoms with van der Waals surface area (Å²) < 4.78 is 27.9. The fourth-order valence-corrected chi connectivity index (χ4v) is 3.24. The molecule has 8 nitrogen and oxygen atoms in total. The molecule has 2 heterocycles. The van der Waals surface area contributed by atoms with Crippen LogP contribution in [-0.4, -0.2) is 57.5 Å². The van der Waals surface area contributed by atoms with Gasteiger partial charge in [-0.05, 0) is 30.7 Å². The van der Waals surface area contributed by atoms with Crippen molar-refractivity contribution in [3.05, 3.63) is 75.7 Å². The smallest absolute Gasteiger partial charge is 0.287 e. The van der Waals surface area contributed by atoms with E-state index in [0.717, 1.165) is 27.6 Å². The van der Waals surface area contributed by atoms with Crippen molar-refractivity contribution in [2.24, 2.45) is 0 Å². The van der Waals surface area contributed by atoms with Crippen LogP contribution in [0.5, 0.6) is 0 Å². The molecular formula is C23H24F2N4O4. The summed E-state index contributed by atoms with van der Waals surface area (Å²) in [5, 5.41) is 11.9. The van der Waals surface area contributed by atoms with Crippen LogP contribution >= 0.6 is 0 Å². The highest BCUT2D eigenvalue weighted by Crippen LogP contribution is 2.15. The summed E-state index contributed by atoms with van der Waals surface area (Å²) in [4.78, 5) is 43.3. The fourth-order valence-electron chi connectivity index (χ4n) is 3.24. The summed E-state index contributed by atoms with van der Waals surface area (Å²) in [5.41, 5.74) is 1.10. The second-order valence-electron chi connectivity index (χ2n) is 7.80. The Kier molecular flexibility index (Phi) is 7.17. The standard InChI is InChI=1S/C23H24F2N4O4/c1-15-5-7-16(8-6-15)11-27-21(32)18-10-17-4-3-9-26-20(17)29(22(18)33)12-19(31)28(2)13-23(24,25)14-30/h3-10,30H,11-14H2,1-2H3,(H,27,32). The Morgan fingerprint density at radius 2 is 1.91 bits per heavy atom. The lowest BCUT2D eigenvalue weighted by Gasteiger charge is -2.23. The fraction of sp³-hybridized carbons (Fsp3) is 0.304. The van der Waals surface area contributed by atoms with E-state index in [9.17, 15) is 23.2 Å². The summed E-state index contributed by atoms with van der Waals surface area (Å²) in [6.45, 7) is -0.882. The molecule has 0 bridgehead atoms. The number of nitrogens with one attached hydrogen (secondary N) is 1. The second-order valence-corrected chi connectivity index (χ2v) is 7.80. The van der Waals surface area contributed by atoms with Crippen molar-refractivity contribution in [2.75, 3.05) is 20.2 Å². The number of rotatable bonds is 8. The van der Waals surface area contributed by atoms with Gasteiger partial charge in [-0.25, -0.2) is 13.8 Å². The zero-order valence-electron chi connectivity index (χ0n) is 18.2. The normalized spacial score (nSPS) is 11.4. The number of alkyl halides is 2. The Labute approximate surface area is 188 Å². The molecule has 3 aromatic rings. The molecule has 3 rings (SSSR count). The van der Waals surface area contributed by atoms with Crippen molar-refractivity contribution in [1.82, 2.24) is 19.8 Å². The number of pyridine rings is 2. The molecule has 0 spiro atoms. The first-order valence-corrected chi connectivity index (χ1v) is 10.2. The summed E-state index contributed by atoms with van der Waals surface area (Å²) in [5.74, 6) is -4.91. The van der Waals surface area contributed by atoms with Crippen LogP contribution in [0.1, 0.15) is 21.5 Å². The molecule has 0 saturated carbocycles. The second kappa shape index (κ2) is 9.86. The minimum atomic E-state index is -3.48. The topological polar surface area (TPSA) is 105 Å². The predicted molar refractivity (Wildman–Crippen MR) is 118 cm³/mol. The first kappa shape index (κ1) is 24.0. The number of halogens is 2. The molecule has 0 aliphatic carbocycles. The van der Waals surface area contributed by atoms with Crippen LogP contribution in [0.3, 0.4) is 0 Å². The molecule has 10 heteroatoms. The quantitative estimate of drug-likeness (QED) is 0.535. The highest BCUT2D eigenvalue weighted by molar-refractivity contribution is 5.97. The van der Waals surface area contributed by atoms with Gasteiger partial charge < -0.3 is 15.3 Å². The SMILES string of the molecule is Cc1ccc(CNC(=O)c2cc3cccnc3n(CC(=O)N(C)CC(F)(F)CO)c2=O)cc1. The van der Waals surface area contributed by atoms with Crippen molar-refractivity contribution >= 4 is 22.8 Å². The van der Waals surface area contributed by atoms with E-state index in [1.807, 2.05) is 31.2 Å². The van der Waals surface area contributed by atoms with E-state index in [4.69, 9.17) is 5.11 Å². The zero-order valence-corrected chi connectivity index (χ0v) is 18.2. The van der Waals surface area contributed by atoms with Gasteiger partial charge in [-0.3, -0.25) is 19.0 Å². The van der Waals surface area contributed by atoms with Gasteiger partial charge in [0.2, 0.25) is 5.91 Å². The molecule has 0 saturated heterocycles. The third-order valence-electron chi connectivity index (χ3n) is 5.09. The molecule has 0 fully saturated rings. The van der Waals surface area contributed by atoms with Gasteiger partial charge in [0.1, 0.15) is 24.4 Å².